The second-order valence-corrected chi connectivity index (χ2v) is 8.66. The minimum Gasteiger partial charge on any atom is -0.508 e. The number of phenolic OH excluding ortho intramolecular Hbond substituents is 1. The molecule has 9 heteroatoms. The number of rotatable bonds is 6. The van der Waals surface area contributed by atoms with Crippen LogP contribution in [0.25, 0.3) is 5.65 Å². The number of benzene rings is 3. The van der Waals surface area contributed by atoms with Crippen LogP contribution in [-0.2, 0) is 6.42 Å². The number of aromatic nitrogens is 4. The molecule has 0 fully saturated rings. The summed E-state index contributed by atoms with van der Waals surface area (Å²) in [6, 6.07) is 18.8. The lowest BCUT2D eigenvalue weighted by molar-refractivity contribution is 0.354. The van der Waals surface area contributed by atoms with Gasteiger partial charge in [0.25, 0.3) is 0 Å². The maximum Gasteiger partial charge on any atom is 0.228 e. The molecule has 186 valence electrons. The highest BCUT2D eigenvalue weighted by Crippen LogP contribution is 2.48. The molecule has 3 aromatic carbocycles. The second-order valence-electron chi connectivity index (χ2n) is 8.66. The van der Waals surface area contributed by atoms with Gasteiger partial charge in [0.1, 0.15) is 23.6 Å². The van der Waals surface area contributed by atoms with Crippen LogP contribution >= 0.6 is 0 Å². The number of hydrogen-bond acceptors (Lipinski definition) is 8. The van der Waals surface area contributed by atoms with Gasteiger partial charge in [0.15, 0.2) is 23.0 Å². The molecule has 0 spiro atoms. The first-order chi connectivity index (χ1) is 18.1. The number of phenols is 1. The predicted octanol–water partition coefficient (Wildman–Crippen LogP) is 4.73. The summed E-state index contributed by atoms with van der Waals surface area (Å²) < 4.78 is 24.0. The van der Waals surface area contributed by atoms with E-state index in [4.69, 9.17) is 29.0 Å². The zero-order valence-corrected chi connectivity index (χ0v) is 20.5. The summed E-state index contributed by atoms with van der Waals surface area (Å²) in [5, 5.41) is 14.8. The maximum absolute atomic E-state index is 10.1. The molecule has 1 atom stereocenters. The number of fused-ring (bicyclic) bond motifs is 4. The molecule has 2 aromatic heterocycles. The molecule has 0 amide bonds. The Morgan fingerprint density at radius 3 is 2.49 bits per heavy atom. The Hall–Kier alpha value is -4.79. The Kier molecular flexibility index (Phi) is 5.52. The van der Waals surface area contributed by atoms with E-state index in [0.717, 1.165) is 28.0 Å². The summed E-state index contributed by atoms with van der Waals surface area (Å²) in [5.74, 6) is 3.57. The molecule has 3 heterocycles. The first kappa shape index (κ1) is 22.7. The summed E-state index contributed by atoms with van der Waals surface area (Å²) in [5.41, 5.74) is 4.35. The van der Waals surface area contributed by atoms with Crippen LogP contribution in [0.2, 0.25) is 0 Å². The van der Waals surface area contributed by atoms with E-state index in [9.17, 15) is 5.11 Å². The molecule has 1 aliphatic rings. The van der Waals surface area contributed by atoms with Crippen molar-refractivity contribution in [3.05, 3.63) is 95.1 Å². The zero-order valence-electron chi connectivity index (χ0n) is 20.5. The molecule has 0 aliphatic carbocycles. The first-order valence-electron chi connectivity index (χ1n) is 11.7. The number of nitrogens with zero attached hydrogens (tertiary/aromatic N) is 4. The highest BCUT2D eigenvalue weighted by atomic mass is 16.5. The number of ether oxygens (including phenoxy) is 4. The average molecular weight is 497 g/mol. The molecular formula is C28H24N4O5. The van der Waals surface area contributed by atoms with Gasteiger partial charge >= 0.3 is 0 Å². The lowest BCUT2D eigenvalue weighted by atomic mass is 9.84. The topological polar surface area (TPSA) is 100 Å². The van der Waals surface area contributed by atoms with Gasteiger partial charge in [-0.05, 0) is 41.5 Å². The Labute approximate surface area is 212 Å². The van der Waals surface area contributed by atoms with E-state index >= 15 is 0 Å². The van der Waals surface area contributed by atoms with Crippen LogP contribution in [0.15, 0.2) is 67.0 Å². The largest absolute Gasteiger partial charge is 0.508 e. The SMILES string of the molecule is COc1ccc([C@@H]2c3ccc(O)cc3Oc3ncn4nc(Cc5ccc(OC)c(OC)c5)nc4c32)cc1. The van der Waals surface area contributed by atoms with Gasteiger partial charge in [0.2, 0.25) is 5.88 Å². The van der Waals surface area contributed by atoms with Gasteiger partial charge in [-0.3, -0.25) is 0 Å². The number of aromatic hydroxyl groups is 1. The number of methoxy groups -OCH3 is 3. The van der Waals surface area contributed by atoms with Crippen molar-refractivity contribution in [2.75, 3.05) is 21.3 Å². The summed E-state index contributed by atoms with van der Waals surface area (Å²) in [6.45, 7) is 0. The third kappa shape index (κ3) is 3.94. The fourth-order valence-electron chi connectivity index (χ4n) is 4.74. The van der Waals surface area contributed by atoms with Crippen molar-refractivity contribution in [1.29, 1.82) is 0 Å². The van der Waals surface area contributed by atoms with E-state index in [1.807, 2.05) is 48.5 Å². The minimum atomic E-state index is -0.236. The molecule has 1 aliphatic heterocycles. The molecule has 0 saturated heterocycles. The van der Waals surface area contributed by atoms with E-state index in [2.05, 4.69) is 4.98 Å². The van der Waals surface area contributed by atoms with Crippen molar-refractivity contribution in [2.24, 2.45) is 0 Å². The number of hydrogen-bond donors (Lipinski definition) is 1. The maximum atomic E-state index is 10.1. The van der Waals surface area contributed by atoms with Crippen LogP contribution in [0.3, 0.4) is 0 Å². The molecule has 0 saturated carbocycles. The summed E-state index contributed by atoms with van der Waals surface area (Å²) in [7, 11) is 4.86. The fraction of sp³-hybridized carbons (Fsp3) is 0.179. The van der Waals surface area contributed by atoms with Crippen LogP contribution in [0.4, 0.5) is 0 Å². The Balaban J connectivity index is 1.47. The van der Waals surface area contributed by atoms with Gasteiger partial charge < -0.3 is 24.1 Å². The smallest absolute Gasteiger partial charge is 0.228 e. The Morgan fingerprint density at radius 1 is 0.919 bits per heavy atom. The van der Waals surface area contributed by atoms with Crippen molar-refractivity contribution < 1.29 is 24.1 Å². The summed E-state index contributed by atoms with van der Waals surface area (Å²) in [6.07, 6.45) is 2.09. The molecule has 9 nitrogen and oxygen atoms in total. The van der Waals surface area contributed by atoms with E-state index < -0.39 is 0 Å². The normalized spacial score (nSPS) is 14.0. The van der Waals surface area contributed by atoms with Crippen LogP contribution in [0.1, 0.15) is 34.0 Å². The van der Waals surface area contributed by atoms with Crippen molar-refractivity contribution >= 4 is 5.65 Å². The van der Waals surface area contributed by atoms with Gasteiger partial charge in [-0.2, -0.15) is 0 Å². The fourth-order valence-corrected chi connectivity index (χ4v) is 4.74. The van der Waals surface area contributed by atoms with Crippen molar-refractivity contribution in [3.8, 4) is 34.6 Å². The molecule has 1 N–H and O–H groups in total. The lowest BCUT2D eigenvalue weighted by Gasteiger charge is -2.28. The zero-order chi connectivity index (χ0) is 25.5. The molecular weight excluding hydrogens is 472 g/mol. The third-order valence-electron chi connectivity index (χ3n) is 6.49. The van der Waals surface area contributed by atoms with Crippen LogP contribution in [0, 0.1) is 0 Å². The average Bonchev–Trinajstić information content (AvgIpc) is 3.34. The Morgan fingerprint density at radius 2 is 1.73 bits per heavy atom. The van der Waals surface area contributed by atoms with Crippen LogP contribution in [0.5, 0.6) is 34.6 Å². The van der Waals surface area contributed by atoms with Gasteiger partial charge in [-0.15, -0.1) is 5.10 Å². The third-order valence-corrected chi connectivity index (χ3v) is 6.49. The van der Waals surface area contributed by atoms with Crippen LogP contribution < -0.4 is 18.9 Å². The van der Waals surface area contributed by atoms with Crippen LogP contribution in [-0.4, -0.2) is 46.0 Å². The molecule has 0 bridgehead atoms. The van der Waals surface area contributed by atoms with Crippen molar-refractivity contribution in [2.45, 2.75) is 12.3 Å². The Bertz CT molecular complexity index is 1610. The highest BCUT2D eigenvalue weighted by molar-refractivity contribution is 5.66. The standard InChI is InChI=1S/C28H24N4O5/c1-34-19-8-5-17(6-9-19)25-20-10-7-18(33)14-22(20)37-28-26(25)27-30-24(31-32(27)15-29-28)13-16-4-11-21(35-2)23(12-16)36-3/h4-12,14-15,25,33H,13H2,1-3H3/t25-/m1/s1. The first-order valence-corrected chi connectivity index (χ1v) is 11.7. The quantitative estimate of drug-likeness (QED) is 0.353. The van der Waals surface area contributed by atoms with Gasteiger partial charge in [0, 0.05) is 24.0 Å². The van der Waals surface area contributed by atoms with E-state index in [0.29, 0.717) is 41.0 Å². The van der Waals surface area contributed by atoms with Gasteiger partial charge in [0.05, 0.1) is 26.9 Å². The van der Waals surface area contributed by atoms with E-state index in [1.165, 1.54) is 0 Å². The molecule has 0 radical (unpaired) electrons. The van der Waals surface area contributed by atoms with Crippen molar-refractivity contribution in [3.63, 3.8) is 0 Å². The van der Waals surface area contributed by atoms with E-state index in [-0.39, 0.29) is 11.7 Å². The molecule has 6 rings (SSSR count). The highest BCUT2D eigenvalue weighted by Gasteiger charge is 2.33. The van der Waals surface area contributed by atoms with E-state index in [1.54, 1.807) is 44.3 Å². The molecule has 0 unspecified atom stereocenters. The summed E-state index contributed by atoms with van der Waals surface area (Å²) in [4.78, 5) is 9.46. The minimum absolute atomic E-state index is 0.122. The second kappa shape index (κ2) is 9.02. The molecule has 5 aromatic rings. The van der Waals surface area contributed by atoms with Gasteiger partial charge in [-0.25, -0.2) is 14.5 Å². The summed E-state index contributed by atoms with van der Waals surface area (Å²) >= 11 is 0. The van der Waals surface area contributed by atoms with Gasteiger partial charge in [-0.1, -0.05) is 24.3 Å². The molecule has 37 heavy (non-hydrogen) atoms. The lowest BCUT2D eigenvalue weighted by Crippen LogP contribution is -2.15. The predicted molar refractivity (Wildman–Crippen MR) is 135 cm³/mol. The van der Waals surface area contributed by atoms with Crippen molar-refractivity contribution in [1.82, 2.24) is 19.6 Å². The monoisotopic (exact) mass is 496 g/mol.